The normalized spacial score (nSPS) is 11.8. The summed E-state index contributed by atoms with van der Waals surface area (Å²) in [6, 6.07) is 3.28. The first-order valence-corrected chi connectivity index (χ1v) is 4.72. The zero-order chi connectivity index (χ0) is 11.5. The van der Waals surface area contributed by atoms with Crippen LogP contribution in [0.1, 0.15) is 24.5 Å². The van der Waals surface area contributed by atoms with Gasteiger partial charge in [0.25, 0.3) is 5.92 Å². The average Bonchev–Trinajstić information content (AvgIpc) is 2.15. The van der Waals surface area contributed by atoms with E-state index in [4.69, 9.17) is 5.11 Å². The maximum atomic E-state index is 13.2. The Hall–Kier alpha value is -1.03. The number of alkyl halides is 2. The van der Waals surface area contributed by atoms with Crippen molar-refractivity contribution in [3.05, 3.63) is 35.1 Å². The Morgan fingerprint density at radius 3 is 2.53 bits per heavy atom. The van der Waals surface area contributed by atoms with Crippen LogP contribution >= 0.6 is 0 Å². The largest absolute Gasteiger partial charge is 0.396 e. The Labute approximate surface area is 86.5 Å². The van der Waals surface area contributed by atoms with E-state index in [2.05, 4.69) is 0 Å². The van der Waals surface area contributed by atoms with Gasteiger partial charge in [-0.05, 0) is 30.5 Å². The second-order valence-electron chi connectivity index (χ2n) is 3.52. The minimum absolute atomic E-state index is 0.0772. The molecule has 1 aromatic carbocycles. The molecule has 15 heavy (non-hydrogen) atoms. The predicted molar refractivity (Wildman–Crippen MR) is 51.4 cm³/mol. The molecular formula is C11H13F3O. The molecule has 1 rings (SSSR count). The van der Waals surface area contributed by atoms with Crippen molar-refractivity contribution in [3.63, 3.8) is 0 Å². The van der Waals surface area contributed by atoms with Crippen molar-refractivity contribution >= 4 is 0 Å². The molecule has 0 radical (unpaired) electrons. The van der Waals surface area contributed by atoms with Crippen molar-refractivity contribution in [1.29, 1.82) is 0 Å². The van der Waals surface area contributed by atoms with E-state index >= 15 is 0 Å². The van der Waals surface area contributed by atoms with Crippen LogP contribution in [0.5, 0.6) is 0 Å². The van der Waals surface area contributed by atoms with Crippen LogP contribution in [-0.2, 0) is 12.3 Å². The molecule has 0 aliphatic carbocycles. The highest BCUT2D eigenvalue weighted by Gasteiger charge is 2.24. The molecule has 0 spiro atoms. The van der Waals surface area contributed by atoms with Crippen LogP contribution in [0.25, 0.3) is 0 Å². The van der Waals surface area contributed by atoms with Crippen molar-refractivity contribution in [2.24, 2.45) is 0 Å². The SMILES string of the molecule is CC(F)(F)c1ccc(F)c(CCCO)c1. The molecule has 0 aliphatic rings. The van der Waals surface area contributed by atoms with Gasteiger partial charge in [0.2, 0.25) is 0 Å². The quantitative estimate of drug-likeness (QED) is 0.823. The lowest BCUT2D eigenvalue weighted by atomic mass is 10.0. The number of benzene rings is 1. The van der Waals surface area contributed by atoms with Gasteiger partial charge in [-0.2, -0.15) is 0 Å². The third-order valence-corrected chi connectivity index (χ3v) is 2.16. The summed E-state index contributed by atoms with van der Waals surface area (Å²) in [7, 11) is 0. The Morgan fingerprint density at radius 1 is 1.33 bits per heavy atom. The summed E-state index contributed by atoms with van der Waals surface area (Å²) in [5.74, 6) is -3.46. The van der Waals surface area contributed by atoms with Gasteiger partial charge in [0.15, 0.2) is 0 Å². The lowest BCUT2D eigenvalue weighted by Crippen LogP contribution is -2.08. The van der Waals surface area contributed by atoms with Gasteiger partial charge >= 0.3 is 0 Å². The van der Waals surface area contributed by atoms with Crippen molar-refractivity contribution in [1.82, 2.24) is 0 Å². The molecular weight excluding hydrogens is 205 g/mol. The molecule has 0 unspecified atom stereocenters. The van der Waals surface area contributed by atoms with Gasteiger partial charge in [-0.25, -0.2) is 13.2 Å². The first kappa shape index (κ1) is 12.0. The average molecular weight is 218 g/mol. The lowest BCUT2D eigenvalue weighted by Gasteiger charge is -2.12. The van der Waals surface area contributed by atoms with Gasteiger partial charge in [0, 0.05) is 19.1 Å². The minimum atomic E-state index is -2.96. The zero-order valence-electron chi connectivity index (χ0n) is 8.43. The first-order chi connectivity index (χ1) is 6.95. The van der Waals surface area contributed by atoms with Gasteiger partial charge < -0.3 is 5.11 Å². The molecule has 1 nitrogen and oxygen atoms in total. The molecule has 0 atom stereocenters. The third kappa shape index (κ3) is 3.23. The number of halogens is 3. The van der Waals surface area contributed by atoms with Crippen molar-refractivity contribution in [3.8, 4) is 0 Å². The molecule has 1 N–H and O–H groups in total. The molecule has 0 aromatic heterocycles. The van der Waals surface area contributed by atoms with E-state index in [0.717, 1.165) is 25.1 Å². The highest BCUT2D eigenvalue weighted by molar-refractivity contribution is 5.28. The summed E-state index contributed by atoms with van der Waals surface area (Å²) >= 11 is 0. The third-order valence-electron chi connectivity index (χ3n) is 2.16. The Kier molecular flexibility index (Phi) is 3.74. The van der Waals surface area contributed by atoms with E-state index in [1.165, 1.54) is 0 Å². The number of rotatable bonds is 4. The smallest absolute Gasteiger partial charge is 0.270 e. The molecule has 0 amide bonds. The number of aliphatic hydroxyl groups is 1. The van der Waals surface area contributed by atoms with Crippen LogP contribution in [0.4, 0.5) is 13.2 Å². The van der Waals surface area contributed by atoms with Gasteiger partial charge in [-0.1, -0.05) is 6.07 Å². The molecule has 0 heterocycles. The standard InChI is InChI=1S/C11H13F3O/c1-11(13,14)9-4-5-10(12)8(7-9)3-2-6-15/h4-5,7,15H,2-3,6H2,1H3. The van der Waals surface area contributed by atoms with Gasteiger partial charge in [0.05, 0.1) is 0 Å². The Balaban J connectivity index is 2.95. The molecule has 0 saturated carbocycles. The van der Waals surface area contributed by atoms with E-state index in [9.17, 15) is 13.2 Å². The summed E-state index contributed by atoms with van der Waals surface area (Å²) in [5.41, 5.74) is 0.0277. The summed E-state index contributed by atoms with van der Waals surface area (Å²) < 4.78 is 39.0. The number of hydrogen-bond acceptors (Lipinski definition) is 1. The first-order valence-electron chi connectivity index (χ1n) is 4.72. The van der Waals surface area contributed by atoms with Crippen LogP contribution < -0.4 is 0 Å². The number of hydrogen-bond donors (Lipinski definition) is 1. The van der Waals surface area contributed by atoms with Crippen molar-refractivity contribution < 1.29 is 18.3 Å². The van der Waals surface area contributed by atoms with E-state index in [1.54, 1.807) is 0 Å². The minimum Gasteiger partial charge on any atom is -0.396 e. The predicted octanol–water partition coefficient (Wildman–Crippen LogP) is 2.86. The molecule has 0 saturated heterocycles. The highest BCUT2D eigenvalue weighted by atomic mass is 19.3. The van der Waals surface area contributed by atoms with Gasteiger partial charge in [0.1, 0.15) is 5.82 Å². The van der Waals surface area contributed by atoms with E-state index < -0.39 is 11.7 Å². The fourth-order valence-electron chi connectivity index (χ4n) is 1.31. The maximum Gasteiger partial charge on any atom is 0.270 e. The van der Waals surface area contributed by atoms with Crippen LogP contribution in [0, 0.1) is 5.82 Å². The second-order valence-corrected chi connectivity index (χ2v) is 3.52. The van der Waals surface area contributed by atoms with Crippen LogP contribution in [0.3, 0.4) is 0 Å². The van der Waals surface area contributed by atoms with Crippen LogP contribution in [-0.4, -0.2) is 11.7 Å². The highest BCUT2D eigenvalue weighted by Crippen LogP contribution is 2.28. The fraction of sp³-hybridized carbons (Fsp3) is 0.455. The monoisotopic (exact) mass is 218 g/mol. The number of aliphatic hydroxyl groups excluding tert-OH is 1. The van der Waals surface area contributed by atoms with E-state index in [1.807, 2.05) is 0 Å². The van der Waals surface area contributed by atoms with Gasteiger partial charge in [-0.15, -0.1) is 0 Å². The summed E-state index contributed by atoms with van der Waals surface area (Å²) in [4.78, 5) is 0. The molecule has 0 bridgehead atoms. The summed E-state index contributed by atoms with van der Waals surface area (Å²) in [6.45, 7) is 0.697. The summed E-state index contributed by atoms with van der Waals surface area (Å²) in [6.07, 6.45) is 0.641. The van der Waals surface area contributed by atoms with Crippen molar-refractivity contribution in [2.45, 2.75) is 25.7 Å². The maximum absolute atomic E-state index is 13.2. The molecule has 1 aromatic rings. The Morgan fingerprint density at radius 2 is 2.00 bits per heavy atom. The summed E-state index contributed by atoms with van der Waals surface area (Å²) in [5, 5.41) is 8.58. The van der Waals surface area contributed by atoms with E-state index in [0.29, 0.717) is 6.42 Å². The Bertz CT molecular complexity index is 331. The molecule has 0 fully saturated rings. The number of aryl methyl sites for hydroxylation is 1. The zero-order valence-corrected chi connectivity index (χ0v) is 8.43. The second kappa shape index (κ2) is 4.66. The topological polar surface area (TPSA) is 20.2 Å². The van der Waals surface area contributed by atoms with Gasteiger partial charge in [-0.3, -0.25) is 0 Å². The fourth-order valence-corrected chi connectivity index (χ4v) is 1.31. The molecule has 84 valence electrons. The molecule has 4 heteroatoms. The van der Waals surface area contributed by atoms with Crippen LogP contribution in [0.2, 0.25) is 0 Å². The molecule has 0 aliphatic heterocycles. The van der Waals surface area contributed by atoms with E-state index in [-0.39, 0.29) is 24.2 Å². The van der Waals surface area contributed by atoms with Crippen LogP contribution in [0.15, 0.2) is 18.2 Å². The lowest BCUT2D eigenvalue weighted by molar-refractivity contribution is 0.0173. The van der Waals surface area contributed by atoms with Crippen molar-refractivity contribution in [2.75, 3.05) is 6.61 Å².